The highest BCUT2D eigenvalue weighted by Crippen LogP contribution is 2.17. The second kappa shape index (κ2) is 7.11. The minimum absolute atomic E-state index is 0.571. The molecule has 0 saturated carbocycles. The Morgan fingerprint density at radius 3 is 2.63 bits per heavy atom. The van der Waals surface area contributed by atoms with Crippen LogP contribution in [0.4, 0.5) is 5.69 Å². The fourth-order valence-electron chi connectivity index (χ4n) is 1.57. The summed E-state index contributed by atoms with van der Waals surface area (Å²) in [4.78, 5) is 4.41. The van der Waals surface area contributed by atoms with Gasteiger partial charge in [0.2, 0.25) is 0 Å². The monoisotopic (exact) mass is 278 g/mol. The van der Waals surface area contributed by atoms with Crippen LogP contribution in [0.5, 0.6) is 5.75 Å². The van der Waals surface area contributed by atoms with Gasteiger partial charge in [-0.3, -0.25) is 0 Å². The lowest BCUT2D eigenvalue weighted by atomic mass is 10.3. The smallest absolute Gasteiger partial charge is 0.119 e. The summed E-state index contributed by atoms with van der Waals surface area (Å²) < 4.78 is 10.4. The summed E-state index contributed by atoms with van der Waals surface area (Å²) in [5.41, 5.74) is 2.13. The topological polar surface area (TPSA) is 43.4 Å². The van der Waals surface area contributed by atoms with Gasteiger partial charge >= 0.3 is 0 Å². The van der Waals surface area contributed by atoms with Crippen molar-refractivity contribution in [3.8, 4) is 5.75 Å². The van der Waals surface area contributed by atoms with Crippen molar-refractivity contribution in [3.05, 3.63) is 40.3 Å². The van der Waals surface area contributed by atoms with Crippen LogP contribution in [-0.2, 0) is 11.3 Å². The van der Waals surface area contributed by atoms with Crippen molar-refractivity contribution in [2.45, 2.75) is 13.5 Å². The molecular weight excluding hydrogens is 260 g/mol. The van der Waals surface area contributed by atoms with Crippen LogP contribution in [-0.4, -0.2) is 25.3 Å². The first-order valence-electron chi connectivity index (χ1n) is 6.14. The van der Waals surface area contributed by atoms with Gasteiger partial charge in [0, 0.05) is 23.9 Å². The highest BCUT2D eigenvalue weighted by molar-refractivity contribution is 7.09. The molecule has 4 nitrogen and oxygen atoms in total. The fourth-order valence-corrected chi connectivity index (χ4v) is 2.28. The van der Waals surface area contributed by atoms with Gasteiger partial charge in [0.25, 0.3) is 0 Å². The zero-order chi connectivity index (χ0) is 13.5. The van der Waals surface area contributed by atoms with Gasteiger partial charge in [-0.25, -0.2) is 4.98 Å². The van der Waals surface area contributed by atoms with Gasteiger partial charge < -0.3 is 14.8 Å². The summed E-state index contributed by atoms with van der Waals surface area (Å²) in [5.74, 6) is 0.854. The first-order valence-corrected chi connectivity index (χ1v) is 7.02. The maximum atomic E-state index is 5.50. The van der Waals surface area contributed by atoms with Crippen molar-refractivity contribution in [1.29, 1.82) is 0 Å². The SMILES string of the molecule is COCCOc1ccc(NCc2nc(C)cs2)cc1. The summed E-state index contributed by atoms with van der Waals surface area (Å²) in [6, 6.07) is 7.90. The Labute approximate surface area is 117 Å². The fraction of sp³-hybridized carbons (Fsp3) is 0.357. The normalized spacial score (nSPS) is 10.4. The Morgan fingerprint density at radius 1 is 1.21 bits per heavy atom. The molecular formula is C14H18N2O2S. The van der Waals surface area contributed by atoms with Crippen LogP contribution in [0, 0.1) is 6.92 Å². The molecule has 0 aliphatic rings. The van der Waals surface area contributed by atoms with Gasteiger partial charge in [-0.1, -0.05) is 0 Å². The maximum absolute atomic E-state index is 5.50. The number of hydrogen-bond acceptors (Lipinski definition) is 5. The van der Waals surface area contributed by atoms with E-state index in [9.17, 15) is 0 Å². The molecule has 5 heteroatoms. The largest absolute Gasteiger partial charge is 0.491 e. The Hall–Kier alpha value is -1.59. The summed E-state index contributed by atoms with van der Waals surface area (Å²) >= 11 is 1.67. The summed E-state index contributed by atoms with van der Waals surface area (Å²) in [7, 11) is 1.66. The third kappa shape index (κ3) is 4.54. The predicted octanol–water partition coefficient (Wildman–Crippen LogP) is 3.09. The molecule has 0 unspecified atom stereocenters. The Bertz CT molecular complexity index is 496. The average Bonchev–Trinajstić information content (AvgIpc) is 2.84. The van der Waals surface area contributed by atoms with E-state index in [4.69, 9.17) is 9.47 Å². The van der Waals surface area contributed by atoms with Gasteiger partial charge in [0.05, 0.1) is 13.2 Å². The molecule has 0 spiro atoms. The summed E-state index contributed by atoms with van der Waals surface area (Å²) in [6.07, 6.45) is 0. The van der Waals surface area contributed by atoms with Crippen LogP contribution in [0.15, 0.2) is 29.6 Å². The lowest BCUT2D eigenvalue weighted by Crippen LogP contribution is -2.04. The lowest BCUT2D eigenvalue weighted by Gasteiger charge is -2.07. The van der Waals surface area contributed by atoms with Crippen molar-refractivity contribution in [2.24, 2.45) is 0 Å². The van der Waals surface area contributed by atoms with Crippen molar-refractivity contribution in [1.82, 2.24) is 4.98 Å². The van der Waals surface area contributed by atoms with Crippen molar-refractivity contribution >= 4 is 17.0 Å². The Balaban J connectivity index is 1.81. The van der Waals surface area contributed by atoms with E-state index in [1.54, 1.807) is 18.4 Å². The van der Waals surface area contributed by atoms with Gasteiger partial charge in [-0.05, 0) is 31.2 Å². The molecule has 0 radical (unpaired) electrons. The number of aromatic nitrogens is 1. The summed E-state index contributed by atoms with van der Waals surface area (Å²) in [5, 5.41) is 6.49. The minimum Gasteiger partial charge on any atom is -0.491 e. The zero-order valence-electron chi connectivity index (χ0n) is 11.2. The van der Waals surface area contributed by atoms with Crippen LogP contribution >= 0.6 is 11.3 Å². The molecule has 0 bridgehead atoms. The molecule has 0 amide bonds. The number of hydrogen-bond donors (Lipinski definition) is 1. The van der Waals surface area contributed by atoms with Crippen LogP contribution in [0.3, 0.4) is 0 Å². The number of ether oxygens (including phenoxy) is 2. The molecule has 0 fully saturated rings. The molecule has 0 saturated heterocycles. The van der Waals surface area contributed by atoms with Gasteiger partial charge in [-0.2, -0.15) is 0 Å². The van der Waals surface area contributed by atoms with Crippen LogP contribution in [0.25, 0.3) is 0 Å². The molecule has 0 aliphatic carbocycles. The summed E-state index contributed by atoms with van der Waals surface area (Å²) in [6.45, 7) is 3.93. The molecule has 19 heavy (non-hydrogen) atoms. The third-order valence-electron chi connectivity index (χ3n) is 2.52. The van der Waals surface area contributed by atoms with E-state index in [1.807, 2.05) is 31.2 Å². The second-order valence-corrected chi connectivity index (χ2v) is 5.04. The number of thiazole rings is 1. The number of nitrogens with one attached hydrogen (secondary N) is 1. The Kier molecular flexibility index (Phi) is 5.18. The van der Waals surface area contributed by atoms with Crippen LogP contribution < -0.4 is 10.1 Å². The minimum atomic E-state index is 0.571. The second-order valence-electron chi connectivity index (χ2n) is 4.10. The molecule has 1 heterocycles. The van der Waals surface area contributed by atoms with Gasteiger partial charge in [0.1, 0.15) is 17.4 Å². The van der Waals surface area contributed by atoms with E-state index >= 15 is 0 Å². The first kappa shape index (κ1) is 13.8. The number of rotatable bonds is 7. The highest BCUT2D eigenvalue weighted by atomic mass is 32.1. The molecule has 0 aliphatic heterocycles. The van der Waals surface area contributed by atoms with Gasteiger partial charge in [-0.15, -0.1) is 11.3 Å². The van der Waals surface area contributed by atoms with E-state index in [1.165, 1.54) is 0 Å². The molecule has 102 valence electrons. The van der Waals surface area contributed by atoms with Crippen molar-refractivity contribution in [3.63, 3.8) is 0 Å². The molecule has 1 aromatic carbocycles. The van der Waals surface area contributed by atoms with E-state index in [0.29, 0.717) is 13.2 Å². The number of methoxy groups -OCH3 is 1. The van der Waals surface area contributed by atoms with E-state index in [0.717, 1.165) is 28.7 Å². The number of anilines is 1. The molecule has 1 aromatic heterocycles. The zero-order valence-corrected chi connectivity index (χ0v) is 12.0. The van der Waals surface area contributed by atoms with Gasteiger partial charge in [0.15, 0.2) is 0 Å². The standard InChI is InChI=1S/C14H18N2O2S/c1-11-10-19-14(16-11)9-15-12-3-5-13(6-4-12)18-8-7-17-2/h3-6,10,15H,7-9H2,1-2H3. The van der Waals surface area contributed by atoms with Crippen molar-refractivity contribution < 1.29 is 9.47 Å². The first-order chi connectivity index (χ1) is 9.28. The number of benzene rings is 1. The van der Waals surface area contributed by atoms with Crippen LogP contribution in [0.1, 0.15) is 10.7 Å². The van der Waals surface area contributed by atoms with E-state index in [2.05, 4.69) is 15.7 Å². The molecule has 2 rings (SSSR count). The quantitative estimate of drug-likeness (QED) is 0.790. The van der Waals surface area contributed by atoms with Crippen molar-refractivity contribution in [2.75, 3.05) is 25.6 Å². The number of nitrogens with zero attached hydrogens (tertiary/aromatic N) is 1. The predicted molar refractivity (Wildman–Crippen MR) is 78.0 cm³/mol. The lowest BCUT2D eigenvalue weighted by molar-refractivity contribution is 0.146. The average molecular weight is 278 g/mol. The van der Waals surface area contributed by atoms with E-state index in [-0.39, 0.29) is 0 Å². The molecule has 1 N–H and O–H groups in total. The highest BCUT2D eigenvalue weighted by Gasteiger charge is 1.99. The maximum Gasteiger partial charge on any atom is 0.119 e. The Morgan fingerprint density at radius 2 is 2.00 bits per heavy atom. The third-order valence-corrected chi connectivity index (χ3v) is 3.49. The van der Waals surface area contributed by atoms with Crippen LogP contribution in [0.2, 0.25) is 0 Å². The number of aryl methyl sites for hydroxylation is 1. The molecule has 0 atom stereocenters. The molecule has 2 aromatic rings. The van der Waals surface area contributed by atoms with E-state index < -0.39 is 0 Å².